The van der Waals surface area contributed by atoms with Crippen LogP contribution < -0.4 is 0 Å². The zero-order valence-corrected chi connectivity index (χ0v) is 10.4. The van der Waals surface area contributed by atoms with Crippen LogP contribution in [0.15, 0.2) is 35.4 Å². The van der Waals surface area contributed by atoms with Gasteiger partial charge in [-0.2, -0.15) is 0 Å². The van der Waals surface area contributed by atoms with Gasteiger partial charge in [0.05, 0.1) is 27.5 Å². The minimum Gasteiger partial charge on any atom is -0.251 e. The van der Waals surface area contributed by atoms with E-state index in [-0.39, 0.29) is 0 Å². The number of hydrogen-bond donors (Lipinski definition) is 0. The Morgan fingerprint density at radius 3 is 2.22 bits per heavy atom. The molecule has 0 radical (unpaired) electrons. The van der Waals surface area contributed by atoms with Gasteiger partial charge in [-0.1, -0.05) is 40.7 Å². The maximum atomic E-state index is 11.7. The largest absolute Gasteiger partial charge is 0.415 e. The molecule has 0 saturated heterocycles. The second-order valence-corrected chi connectivity index (χ2v) is 3.02. The normalized spacial score (nSPS) is 10.6. The standard InChI is InChI=1S/C11H15N3O4/c1-16-13(11(15)14(17-2)18-3)12-9-10-7-5-4-6-8-10/h4-9H,1-3H3. The monoisotopic (exact) mass is 253 g/mol. The topological polar surface area (TPSA) is 63.6 Å². The van der Waals surface area contributed by atoms with Crippen molar-refractivity contribution in [2.75, 3.05) is 21.3 Å². The number of benzene rings is 1. The smallest absolute Gasteiger partial charge is 0.251 e. The van der Waals surface area contributed by atoms with Crippen LogP contribution in [-0.4, -0.2) is 44.0 Å². The Balaban J connectivity index is 2.73. The molecule has 0 saturated carbocycles. The van der Waals surface area contributed by atoms with Crippen molar-refractivity contribution in [2.24, 2.45) is 5.10 Å². The summed E-state index contributed by atoms with van der Waals surface area (Å²) in [4.78, 5) is 25.8. The molecule has 0 unspecified atom stereocenters. The Labute approximate surface area is 105 Å². The predicted octanol–water partition coefficient (Wildman–Crippen LogP) is 1.43. The van der Waals surface area contributed by atoms with Gasteiger partial charge < -0.3 is 0 Å². The van der Waals surface area contributed by atoms with Gasteiger partial charge >= 0.3 is 6.03 Å². The van der Waals surface area contributed by atoms with Crippen molar-refractivity contribution in [3.05, 3.63) is 35.9 Å². The molecular formula is C11H15N3O4. The third kappa shape index (κ3) is 3.81. The van der Waals surface area contributed by atoms with E-state index in [0.29, 0.717) is 5.23 Å². The quantitative estimate of drug-likeness (QED) is 0.588. The Bertz CT molecular complexity index is 393. The van der Waals surface area contributed by atoms with Crippen molar-refractivity contribution in [3.63, 3.8) is 0 Å². The summed E-state index contributed by atoms with van der Waals surface area (Å²) in [6, 6.07) is 8.56. The lowest BCUT2D eigenvalue weighted by Gasteiger charge is -2.20. The van der Waals surface area contributed by atoms with E-state index < -0.39 is 6.03 Å². The van der Waals surface area contributed by atoms with Crippen LogP contribution in [0.2, 0.25) is 0 Å². The molecule has 0 fully saturated rings. The van der Waals surface area contributed by atoms with Gasteiger partial charge in [0.25, 0.3) is 0 Å². The highest BCUT2D eigenvalue weighted by Gasteiger charge is 2.21. The first-order valence-electron chi connectivity index (χ1n) is 5.08. The first-order chi connectivity index (χ1) is 8.72. The van der Waals surface area contributed by atoms with E-state index in [2.05, 4.69) is 14.8 Å². The second kappa shape index (κ2) is 7.38. The van der Waals surface area contributed by atoms with Crippen LogP contribution in [-0.2, 0) is 14.5 Å². The summed E-state index contributed by atoms with van der Waals surface area (Å²) < 4.78 is 0. The number of hydrogen-bond acceptors (Lipinski definition) is 5. The number of rotatable bonds is 5. The maximum absolute atomic E-state index is 11.7. The van der Waals surface area contributed by atoms with Crippen molar-refractivity contribution in [1.82, 2.24) is 10.4 Å². The minimum absolute atomic E-state index is 0.631. The van der Waals surface area contributed by atoms with E-state index in [0.717, 1.165) is 10.7 Å². The zero-order chi connectivity index (χ0) is 13.4. The average Bonchev–Trinajstić information content (AvgIpc) is 2.42. The molecule has 0 heterocycles. The molecule has 0 aliphatic heterocycles. The van der Waals surface area contributed by atoms with Crippen molar-refractivity contribution < 1.29 is 19.3 Å². The molecule has 1 rings (SSSR count). The van der Waals surface area contributed by atoms with Gasteiger partial charge in [0.2, 0.25) is 0 Å². The molecule has 98 valence electrons. The molecule has 0 aliphatic rings. The van der Waals surface area contributed by atoms with Gasteiger partial charge in [0.15, 0.2) is 0 Å². The van der Waals surface area contributed by atoms with E-state index >= 15 is 0 Å². The van der Waals surface area contributed by atoms with E-state index in [9.17, 15) is 4.79 Å². The Hall–Kier alpha value is -1.96. The molecule has 0 spiro atoms. The van der Waals surface area contributed by atoms with E-state index in [4.69, 9.17) is 4.84 Å². The fourth-order valence-corrected chi connectivity index (χ4v) is 1.13. The second-order valence-electron chi connectivity index (χ2n) is 3.02. The zero-order valence-electron chi connectivity index (χ0n) is 10.4. The molecule has 18 heavy (non-hydrogen) atoms. The number of nitrogens with zero attached hydrogens (tertiary/aromatic N) is 3. The summed E-state index contributed by atoms with van der Waals surface area (Å²) in [5, 5.41) is 5.23. The van der Waals surface area contributed by atoms with Crippen LogP contribution in [0.1, 0.15) is 5.56 Å². The van der Waals surface area contributed by atoms with Crippen molar-refractivity contribution in [3.8, 4) is 0 Å². The van der Waals surface area contributed by atoms with Crippen LogP contribution in [0.25, 0.3) is 0 Å². The van der Waals surface area contributed by atoms with Crippen molar-refractivity contribution >= 4 is 12.2 Å². The number of hydrazone groups is 1. The molecule has 1 aromatic rings. The highest BCUT2D eigenvalue weighted by atomic mass is 17.0. The Kier molecular flexibility index (Phi) is 5.78. The summed E-state index contributed by atoms with van der Waals surface area (Å²) >= 11 is 0. The van der Waals surface area contributed by atoms with Gasteiger partial charge in [-0.15, -0.1) is 5.10 Å². The van der Waals surface area contributed by atoms with Crippen LogP contribution in [0.4, 0.5) is 4.79 Å². The first-order valence-corrected chi connectivity index (χ1v) is 5.08. The number of hydroxylamine groups is 3. The first kappa shape index (κ1) is 14.1. The maximum Gasteiger partial charge on any atom is 0.415 e. The van der Waals surface area contributed by atoms with Crippen molar-refractivity contribution in [1.29, 1.82) is 0 Å². The summed E-state index contributed by atoms with van der Waals surface area (Å²) in [6.45, 7) is 0. The number of carbonyl (C=O) groups is 1. The summed E-state index contributed by atoms with van der Waals surface area (Å²) in [6.07, 6.45) is 1.48. The lowest BCUT2D eigenvalue weighted by atomic mass is 10.2. The van der Waals surface area contributed by atoms with E-state index in [1.165, 1.54) is 27.5 Å². The molecule has 0 bridgehead atoms. The summed E-state index contributed by atoms with van der Waals surface area (Å²) in [7, 11) is 3.88. The lowest BCUT2D eigenvalue weighted by molar-refractivity contribution is -0.314. The lowest BCUT2D eigenvalue weighted by Crippen LogP contribution is -2.38. The van der Waals surface area contributed by atoms with Gasteiger partial charge in [0.1, 0.15) is 0 Å². The van der Waals surface area contributed by atoms with Gasteiger partial charge in [0, 0.05) is 0 Å². The number of carbonyl (C=O) groups excluding carboxylic acids is 1. The number of urea groups is 1. The van der Waals surface area contributed by atoms with Gasteiger partial charge in [-0.25, -0.2) is 14.5 Å². The highest BCUT2D eigenvalue weighted by molar-refractivity contribution is 5.81. The van der Waals surface area contributed by atoms with E-state index in [1.54, 1.807) is 0 Å². The van der Waals surface area contributed by atoms with Gasteiger partial charge in [-0.05, 0) is 5.56 Å². The Morgan fingerprint density at radius 1 is 1.11 bits per heavy atom. The predicted molar refractivity (Wildman–Crippen MR) is 64.1 cm³/mol. The number of amides is 2. The molecule has 1 aromatic carbocycles. The SMILES string of the molecule is CON(N=Cc1ccccc1)C(=O)N(OC)OC. The molecule has 0 N–H and O–H groups in total. The highest BCUT2D eigenvalue weighted by Crippen LogP contribution is 2.02. The summed E-state index contributed by atoms with van der Waals surface area (Å²) in [5.41, 5.74) is 0.828. The molecule has 7 heteroatoms. The third-order valence-corrected chi connectivity index (χ3v) is 1.94. The summed E-state index contributed by atoms with van der Waals surface area (Å²) in [5.74, 6) is 0. The van der Waals surface area contributed by atoms with E-state index in [1.807, 2.05) is 30.3 Å². The molecule has 7 nitrogen and oxygen atoms in total. The minimum atomic E-state index is -0.713. The third-order valence-electron chi connectivity index (χ3n) is 1.94. The van der Waals surface area contributed by atoms with Crippen LogP contribution in [0.3, 0.4) is 0 Å². The molecule has 0 aromatic heterocycles. The Morgan fingerprint density at radius 2 is 1.72 bits per heavy atom. The van der Waals surface area contributed by atoms with Crippen LogP contribution in [0, 0.1) is 0 Å². The van der Waals surface area contributed by atoms with Crippen LogP contribution in [0.5, 0.6) is 0 Å². The van der Waals surface area contributed by atoms with Crippen molar-refractivity contribution in [2.45, 2.75) is 0 Å². The fraction of sp³-hybridized carbons (Fsp3) is 0.273. The molecular weight excluding hydrogens is 238 g/mol. The molecule has 2 amide bonds. The van der Waals surface area contributed by atoms with Gasteiger partial charge in [-0.3, -0.25) is 4.84 Å². The molecule has 0 aliphatic carbocycles. The molecule has 0 atom stereocenters. The average molecular weight is 253 g/mol. The van der Waals surface area contributed by atoms with Crippen LogP contribution >= 0.6 is 0 Å². The fourth-order valence-electron chi connectivity index (χ4n) is 1.13.